The van der Waals surface area contributed by atoms with E-state index >= 15 is 0 Å². The summed E-state index contributed by atoms with van der Waals surface area (Å²) in [5.41, 5.74) is 27.8. The van der Waals surface area contributed by atoms with E-state index in [0.29, 0.717) is 11.1 Å². The molecular formula is C57H48N4. The van der Waals surface area contributed by atoms with E-state index in [1.54, 1.807) is 0 Å². The molecule has 0 radical (unpaired) electrons. The largest absolute Gasteiger partial charge is 0.354 e. The fourth-order valence-corrected chi connectivity index (χ4v) is 9.96. The maximum absolute atomic E-state index is 6.04. The van der Waals surface area contributed by atoms with Crippen molar-refractivity contribution in [3.8, 4) is 69.2 Å². The molecule has 0 amide bonds. The molecule has 4 heteroatoms. The summed E-state index contributed by atoms with van der Waals surface area (Å²) in [6.45, 7) is 19.6. The number of hydrogen-bond donors (Lipinski definition) is 2. The Morgan fingerprint density at radius 3 is 0.984 bits per heavy atom. The molecule has 3 aromatic heterocycles. The van der Waals surface area contributed by atoms with Crippen molar-refractivity contribution in [2.75, 3.05) is 0 Å². The van der Waals surface area contributed by atoms with Gasteiger partial charge in [-0.05, 0) is 185 Å². The lowest BCUT2D eigenvalue weighted by atomic mass is 9.92. The van der Waals surface area contributed by atoms with Gasteiger partial charge in [0, 0.05) is 55.4 Å². The van der Waals surface area contributed by atoms with Crippen molar-refractivity contribution < 1.29 is 0 Å². The average molecular weight is 789 g/mol. The molecular weight excluding hydrogens is 741 g/mol. The third kappa shape index (κ3) is 6.81. The van der Waals surface area contributed by atoms with Crippen molar-refractivity contribution >= 4 is 46.4 Å². The summed E-state index contributed by atoms with van der Waals surface area (Å²) in [6, 6.07) is 28.2. The second-order valence-electron chi connectivity index (χ2n) is 16.9. The molecule has 4 aromatic carbocycles. The fraction of sp³-hybridized carbons (Fsp3) is 0.158. The molecule has 8 bridgehead atoms. The fourth-order valence-electron chi connectivity index (χ4n) is 9.96. The van der Waals surface area contributed by atoms with E-state index in [0.717, 1.165) is 89.4 Å². The molecule has 0 atom stereocenters. The van der Waals surface area contributed by atoms with Gasteiger partial charge in [0.05, 0.1) is 22.8 Å². The molecule has 5 heterocycles. The summed E-state index contributed by atoms with van der Waals surface area (Å²) in [5, 5.41) is 0. The van der Waals surface area contributed by atoms with Crippen LogP contribution in [-0.2, 0) is 0 Å². The molecule has 7 aromatic rings. The topological polar surface area (TPSA) is 57.4 Å². The van der Waals surface area contributed by atoms with Gasteiger partial charge in [0.1, 0.15) is 0 Å². The minimum Gasteiger partial charge on any atom is -0.354 e. The predicted octanol–water partition coefficient (Wildman–Crippen LogP) is 14.1. The van der Waals surface area contributed by atoms with Crippen LogP contribution in [0, 0.1) is 87.0 Å². The average Bonchev–Trinajstić information content (AvgIpc) is 4.05. The molecule has 0 fully saturated rings. The minimum atomic E-state index is 0.716. The molecule has 0 unspecified atom stereocenters. The number of rotatable bonds is 4. The minimum absolute atomic E-state index is 0.716. The quantitative estimate of drug-likeness (QED) is 0.175. The second-order valence-corrected chi connectivity index (χ2v) is 16.9. The van der Waals surface area contributed by atoms with Gasteiger partial charge in [0.2, 0.25) is 0 Å². The Labute approximate surface area is 359 Å². The van der Waals surface area contributed by atoms with Gasteiger partial charge in [-0.3, -0.25) is 0 Å². The first kappa shape index (κ1) is 39.1. The predicted molar refractivity (Wildman–Crippen MR) is 259 cm³/mol. The Balaban J connectivity index is 1.54. The second kappa shape index (κ2) is 15.0. The zero-order valence-electron chi connectivity index (χ0n) is 36.4. The SMILES string of the molecule is C#Cc1cc(C#C)cc(-c2c3ccc([nH]3)c(-c3c(C)cc(C)cc3C)c3nc(c(-c4c(C)cc(C)cc4C)c4nc(c(-c5c(C)cc(C)cc5C)c5ccc2[nH]5)C=C4)C=C3)c1. The van der Waals surface area contributed by atoms with E-state index in [1.807, 2.05) is 18.2 Å². The van der Waals surface area contributed by atoms with Crippen LogP contribution in [0.4, 0.5) is 0 Å². The first-order valence-corrected chi connectivity index (χ1v) is 20.8. The summed E-state index contributed by atoms with van der Waals surface area (Å²) < 4.78 is 0. The van der Waals surface area contributed by atoms with Crippen LogP contribution in [0.1, 0.15) is 84.0 Å². The van der Waals surface area contributed by atoms with E-state index in [1.165, 1.54) is 50.1 Å². The zero-order valence-corrected chi connectivity index (χ0v) is 36.4. The van der Waals surface area contributed by atoms with Crippen LogP contribution in [0.2, 0.25) is 0 Å². The van der Waals surface area contributed by atoms with Crippen molar-refractivity contribution in [2.45, 2.75) is 62.3 Å². The number of aromatic amines is 2. The van der Waals surface area contributed by atoms with E-state index in [4.69, 9.17) is 22.8 Å². The van der Waals surface area contributed by atoms with Gasteiger partial charge in [-0.1, -0.05) is 64.9 Å². The highest BCUT2D eigenvalue weighted by molar-refractivity contribution is 6.01. The number of nitrogens with one attached hydrogen (secondary N) is 2. The lowest BCUT2D eigenvalue weighted by Crippen LogP contribution is -1.97. The van der Waals surface area contributed by atoms with Gasteiger partial charge in [0.25, 0.3) is 0 Å². The van der Waals surface area contributed by atoms with Gasteiger partial charge < -0.3 is 9.97 Å². The molecule has 2 aliphatic heterocycles. The summed E-state index contributed by atoms with van der Waals surface area (Å²) in [5.74, 6) is 5.68. The lowest BCUT2D eigenvalue weighted by Gasteiger charge is -2.14. The Morgan fingerprint density at radius 1 is 0.361 bits per heavy atom. The molecule has 296 valence electrons. The number of terminal acetylenes is 2. The first-order valence-electron chi connectivity index (χ1n) is 20.8. The van der Waals surface area contributed by atoms with Crippen LogP contribution in [0.5, 0.6) is 0 Å². The first-order chi connectivity index (χ1) is 29.3. The third-order valence-corrected chi connectivity index (χ3v) is 12.1. The van der Waals surface area contributed by atoms with Gasteiger partial charge in [0.15, 0.2) is 0 Å². The van der Waals surface area contributed by atoms with E-state index in [2.05, 4.69) is 169 Å². The Morgan fingerprint density at radius 2 is 0.656 bits per heavy atom. The highest BCUT2D eigenvalue weighted by Crippen LogP contribution is 2.42. The van der Waals surface area contributed by atoms with Gasteiger partial charge in [-0.25, -0.2) is 9.97 Å². The molecule has 61 heavy (non-hydrogen) atoms. The number of aryl methyl sites for hydroxylation is 9. The highest BCUT2D eigenvalue weighted by atomic mass is 14.8. The molecule has 0 saturated heterocycles. The summed E-state index contributed by atoms with van der Waals surface area (Å²) in [4.78, 5) is 19.0. The summed E-state index contributed by atoms with van der Waals surface area (Å²) >= 11 is 0. The van der Waals surface area contributed by atoms with Gasteiger partial charge in [-0.15, -0.1) is 12.8 Å². The molecule has 0 saturated carbocycles. The monoisotopic (exact) mass is 788 g/mol. The zero-order chi connectivity index (χ0) is 42.9. The number of aromatic nitrogens is 4. The maximum atomic E-state index is 6.04. The maximum Gasteiger partial charge on any atom is 0.0738 e. The molecule has 4 nitrogen and oxygen atoms in total. The molecule has 0 spiro atoms. The van der Waals surface area contributed by atoms with E-state index < -0.39 is 0 Å². The van der Waals surface area contributed by atoms with Crippen molar-refractivity contribution in [3.63, 3.8) is 0 Å². The van der Waals surface area contributed by atoms with Gasteiger partial charge >= 0.3 is 0 Å². The Bertz CT molecular complexity index is 3100. The number of hydrogen-bond acceptors (Lipinski definition) is 2. The third-order valence-electron chi connectivity index (χ3n) is 12.1. The molecule has 9 rings (SSSR count). The Hall–Kier alpha value is -7.40. The van der Waals surface area contributed by atoms with Crippen LogP contribution >= 0.6 is 0 Å². The van der Waals surface area contributed by atoms with Crippen molar-refractivity contribution in [2.24, 2.45) is 0 Å². The van der Waals surface area contributed by atoms with E-state index in [9.17, 15) is 0 Å². The van der Waals surface area contributed by atoms with Crippen molar-refractivity contribution in [3.05, 3.63) is 163 Å². The van der Waals surface area contributed by atoms with Crippen LogP contribution in [-0.4, -0.2) is 19.9 Å². The van der Waals surface area contributed by atoms with Crippen LogP contribution in [0.3, 0.4) is 0 Å². The van der Waals surface area contributed by atoms with Crippen LogP contribution < -0.4 is 0 Å². The van der Waals surface area contributed by atoms with Crippen molar-refractivity contribution in [1.82, 2.24) is 19.9 Å². The van der Waals surface area contributed by atoms with Crippen molar-refractivity contribution in [1.29, 1.82) is 0 Å². The summed E-state index contributed by atoms with van der Waals surface area (Å²) in [6.07, 6.45) is 20.7. The number of benzene rings is 4. The van der Waals surface area contributed by atoms with Crippen LogP contribution in [0.25, 0.3) is 90.9 Å². The normalized spacial score (nSPS) is 11.9. The number of nitrogens with zero attached hydrogens (tertiary/aromatic N) is 2. The number of fused-ring (bicyclic) bond motifs is 8. The standard InChI is InChI=1S/C57H48N4/c1-12-40-28-41(13-2)30-42(29-40)54-43-14-16-45(58-43)55(51-34(6)22-31(3)23-35(51)7)47-18-20-49(60-47)57(53-38(10)26-33(5)27-39(53)11)50-21-19-48(61-50)56(46-17-15-44(54)59-46)52-36(8)24-32(4)25-37(52)9/h1-2,14-30,58-59H,3-11H3. The molecule has 0 aliphatic carbocycles. The van der Waals surface area contributed by atoms with Gasteiger partial charge in [-0.2, -0.15) is 0 Å². The van der Waals surface area contributed by atoms with E-state index in [-0.39, 0.29) is 0 Å². The molecule has 2 N–H and O–H groups in total. The molecule has 2 aliphatic rings. The lowest BCUT2D eigenvalue weighted by molar-refractivity contribution is 1.24. The smallest absolute Gasteiger partial charge is 0.0738 e. The van der Waals surface area contributed by atoms with Crippen LogP contribution in [0.15, 0.2) is 78.9 Å². The number of H-pyrrole nitrogens is 2. The Kier molecular flexibility index (Phi) is 9.62. The highest BCUT2D eigenvalue weighted by Gasteiger charge is 2.23. The summed E-state index contributed by atoms with van der Waals surface area (Å²) in [7, 11) is 0.